The smallest absolute Gasteiger partial charge is 0.274 e. The minimum Gasteiger partial charge on any atom is -0.394 e. The van der Waals surface area contributed by atoms with Gasteiger partial charge in [-0.05, 0) is 32.9 Å². The molecule has 0 spiro atoms. The maximum Gasteiger partial charge on any atom is 0.274 e. The van der Waals surface area contributed by atoms with Crippen LogP contribution in [-0.2, 0) is 33.4 Å². The average Bonchev–Trinajstić information content (AvgIpc) is 3.02. The summed E-state index contributed by atoms with van der Waals surface area (Å²) in [6, 6.07) is 0. The Labute approximate surface area is 186 Å². The molecule has 0 bridgehead atoms. The molecule has 3 amide bonds. The SMILES string of the molecule is COC(C=O)[C@H](CO)O[C@@H](C=NCCCCC(=O)N1C(=O)C=C(SC)C1=O)OC(C)C. The molecule has 0 aliphatic carbocycles. The van der Waals surface area contributed by atoms with E-state index < -0.39 is 42.8 Å². The number of amides is 3. The number of methoxy groups -OCH3 is 1. The number of ether oxygens (including phenoxy) is 3. The fraction of sp³-hybridized carbons (Fsp3) is 0.650. The molecular formula is C20H30N2O8S. The van der Waals surface area contributed by atoms with Gasteiger partial charge in [0.2, 0.25) is 5.91 Å². The summed E-state index contributed by atoms with van der Waals surface area (Å²) in [6.45, 7) is 3.52. The number of hydrogen-bond donors (Lipinski definition) is 1. The Hall–Kier alpha value is -1.92. The van der Waals surface area contributed by atoms with Crippen molar-refractivity contribution >= 4 is 42.0 Å². The molecular weight excluding hydrogens is 428 g/mol. The Morgan fingerprint density at radius 2 is 2.00 bits per heavy atom. The first-order chi connectivity index (χ1) is 14.8. The molecule has 11 heteroatoms. The first-order valence-electron chi connectivity index (χ1n) is 9.85. The van der Waals surface area contributed by atoms with Crippen LogP contribution in [0.15, 0.2) is 16.0 Å². The lowest BCUT2D eigenvalue weighted by Gasteiger charge is -2.25. The van der Waals surface area contributed by atoms with E-state index >= 15 is 0 Å². The van der Waals surface area contributed by atoms with Gasteiger partial charge in [-0.2, -0.15) is 0 Å². The number of carbonyl (C=O) groups is 4. The van der Waals surface area contributed by atoms with E-state index in [1.807, 2.05) is 0 Å². The molecule has 0 saturated heterocycles. The lowest BCUT2D eigenvalue weighted by Crippen LogP contribution is -2.40. The number of imide groups is 3. The Balaban J connectivity index is 2.49. The summed E-state index contributed by atoms with van der Waals surface area (Å²) in [7, 11) is 1.33. The Morgan fingerprint density at radius 3 is 2.52 bits per heavy atom. The van der Waals surface area contributed by atoms with E-state index in [0.717, 1.165) is 11.8 Å². The molecule has 1 N–H and O–H groups in total. The summed E-state index contributed by atoms with van der Waals surface area (Å²) in [6.07, 6.45) is 2.87. The largest absolute Gasteiger partial charge is 0.394 e. The van der Waals surface area contributed by atoms with Crippen molar-refractivity contribution in [2.24, 2.45) is 4.99 Å². The molecule has 0 aromatic carbocycles. The van der Waals surface area contributed by atoms with Gasteiger partial charge in [0.15, 0.2) is 12.6 Å². The third-order valence-corrected chi connectivity index (χ3v) is 4.91. The lowest BCUT2D eigenvalue weighted by molar-refractivity contribution is -0.182. The molecule has 1 heterocycles. The standard InChI is InChI=1S/C20H30N2O8S/c1-13(2)29-19(30-15(12-24)14(11-23)28-3)10-21-8-6-5-7-17(25)22-18(26)9-16(31-4)20(22)27/h9-11,13-15,19,24H,5-8,12H2,1-4H3/t14?,15-,19-/m0/s1. The Bertz CT molecular complexity index is 695. The molecule has 174 valence electrons. The van der Waals surface area contributed by atoms with Crippen LogP contribution in [0, 0.1) is 0 Å². The maximum absolute atomic E-state index is 12.2. The van der Waals surface area contributed by atoms with Gasteiger partial charge in [0, 0.05) is 26.2 Å². The van der Waals surface area contributed by atoms with Crippen LogP contribution in [0.4, 0.5) is 0 Å². The first kappa shape index (κ1) is 27.1. The predicted molar refractivity (Wildman–Crippen MR) is 114 cm³/mol. The fourth-order valence-corrected chi connectivity index (χ4v) is 3.13. The summed E-state index contributed by atoms with van der Waals surface area (Å²) in [5.74, 6) is -1.71. The van der Waals surface area contributed by atoms with Gasteiger partial charge in [-0.3, -0.25) is 19.4 Å². The lowest BCUT2D eigenvalue weighted by atomic mass is 10.2. The molecule has 0 saturated carbocycles. The van der Waals surface area contributed by atoms with E-state index in [-0.39, 0.29) is 17.4 Å². The summed E-state index contributed by atoms with van der Waals surface area (Å²) in [4.78, 5) is 52.1. The molecule has 0 aromatic rings. The van der Waals surface area contributed by atoms with Crippen molar-refractivity contribution in [3.05, 3.63) is 11.0 Å². The number of aliphatic hydroxyl groups excluding tert-OH is 1. The minimum absolute atomic E-state index is 0.0480. The number of hydrogen-bond acceptors (Lipinski definition) is 10. The van der Waals surface area contributed by atoms with Crippen molar-refractivity contribution in [3.8, 4) is 0 Å². The molecule has 0 radical (unpaired) electrons. The van der Waals surface area contributed by atoms with E-state index in [2.05, 4.69) is 4.99 Å². The van der Waals surface area contributed by atoms with Crippen molar-refractivity contribution in [3.63, 3.8) is 0 Å². The molecule has 1 rings (SSSR count). The zero-order chi connectivity index (χ0) is 23.4. The van der Waals surface area contributed by atoms with Crippen LogP contribution < -0.4 is 0 Å². The van der Waals surface area contributed by atoms with E-state index in [1.54, 1.807) is 20.1 Å². The number of aldehydes is 1. The predicted octanol–water partition coefficient (Wildman–Crippen LogP) is 0.712. The second kappa shape index (κ2) is 14.2. The van der Waals surface area contributed by atoms with Gasteiger partial charge in [-0.15, -0.1) is 11.8 Å². The van der Waals surface area contributed by atoms with Crippen LogP contribution in [0.2, 0.25) is 0 Å². The molecule has 31 heavy (non-hydrogen) atoms. The topological polar surface area (TPSA) is 132 Å². The highest BCUT2D eigenvalue weighted by atomic mass is 32.2. The normalized spacial score (nSPS) is 17.4. The number of aliphatic hydroxyl groups is 1. The van der Waals surface area contributed by atoms with Crippen molar-refractivity contribution in [2.75, 3.05) is 26.5 Å². The maximum atomic E-state index is 12.2. The van der Waals surface area contributed by atoms with Gasteiger partial charge < -0.3 is 24.1 Å². The first-order valence-corrected chi connectivity index (χ1v) is 11.1. The second-order valence-corrected chi connectivity index (χ2v) is 7.69. The minimum atomic E-state index is -0.945. The number of carbonyl (C=O) groups excluding carboxylic acids is 4. The molecule has 0 aromatic heterocycles. The molecule has 3 atom stereocenters. The molecule has 0 fully saturated rings. The molecule has 1 unspecified atom stereocenters. The van der Waals surface area contributed by atoms with Crippen molar-refractivity contribution in [2.45, 2.75) is 57.7 Å². The summed E-state index contributed by atoms with van der Waals surface area (Å²) < 4.78 is 16.1. The number of rotatable bonds is 15. The van der Waals surface area contributed by atoms with Crippen LogP contribution in [0.1, 0.15) is 33.1 Å². The van der Waals surface area contributed by atoms with Crippen LogP contribution in [-0.4, -0.2) is 91.3 Å². The average molecular weight is 459 g/mol. The molecule has 1 aliphatic rings. The number of nitrogens with zero attached hydrogens (tertiary/aromatic N) is 2. The highest BCUT2D eigenvalue weighted by molar-refractivity contribution is 8.03. The summed E-state index contributed by atoms with van der Waals surface area (Å²) >= 11 is 1.13. The molecule has 1 aliphatic heterocycles. The number of thioether (sulfide) groups is 1. The highest BCUT2D eigenvalue weighted by Crippen LogP contribution is 2.22. The second-order valence-electron chi connectivity index (χ2n) is 6.84. The zero-order valence-corrected chi connectivity index (χ0v) is 19.0. The van der Waals surface area contributed by atoms with Gasteiger partial charge in [-0.25, -0.2) is 4.90 Å². The summed E-state index contributed by atoms with van der Waals surface area (Å²) in [5, 5.41) is 9.44. The monoisotopic (exact) mass is 458 g/mol. The quantitative estimate of drug-likeness (QED) is 0.124. The van der Waals surface area contributed by atoms with Gasteiger partial charge >= 0.3 is 0 Å². The van der Waals surface area contributed by atoms with Gasteiger partial charge in [0.05, 0.1) is 23.8 Å². The zero-order valence-electron chi connectivity index (χ0n) is 18.2. The van der Waals surface area contributed by atoms with E-state index in [9.17, 15) is 24.3 Å². The van der Waals surface area contributed by atoms with Crippen LogP contribution in [0.3, 0.4) is 0 Å². The van der Waals surface area contributed by atoms with Gasteiger partial charge in [0.25, 0.3) is 11.8 Å². The number of unbranched alkanes of at least 4 members (excludes halogenated alkanes) is 1. The van der Waals surface area contributed by atoms with E-state index in [0.29, 0.717) is 30.6 Å². The van der Waals surface area contributed by atoms with Crippen molar-refractivity contribution in [1.29, 1.82) is 0 Å². The Kier molecular flexibility index (Phi) is 12.4. The van der Waals surface area contributed by atoms with Gasteiger partial charge in [0.1, 0.15) is 12.2 Å². The molecule has 10 nitrogen and oxygen atoms in total. The van der Waals surface area contributed by atoms with E-state index in [1.165, 1.54) is 19.4 Å². The van der Waals surface area contributed by atoms with Crippen LogP contribution in [0.25, 0.3) is 0 Å². The number of aliphatic imine (C=N–C) groups is 1. The third-order valence-electron chi connectivity index (χ3n) is 4.18. The van der Waals surface area contributed by atoms with Crippen molar-refractivity contribution < 1.29 is 38.5 Å². The van der Waals surface area contributed by atoms with E-state index in [4.69, 9.17) is 14.2 Å². The van der Waals surface area contributed by atoms with Gasteiger partial charge in [-0.1, -0.05) is 0 Å². The fourth-order valence-electron chi connectivity index (χ4n) is 2.65. The third kappa shape index (κ3) is 8.62. The van der Waals surface area contributed by atoms with Crippen molar-refractivity contribution in [1.82, 2.24) is 4.90 Å². The highest BCUT2D eigenvalue weighted by Gasteiger charge is 2.35. The van der Waals surface area contributed by atoms with Crippen LogP contribution in [0.5, 0.6) is 0 Å². The Morgan fingerprint density at radius 1 is 1.29 bits per heavy atom. The van der Waals surface area contributed by atoms with Crippen LogP contribution >= 0.6 is 11.8 Å². The summed E-state index contributed by atoms with van der Waals surface area (Å²) in [5.41, 5.74) is 0.